The molecule has 0 spiro atoms. The molecular weight excluding hydrogens is 210 g/mol. The molecule has 1 heterocycles. The van der Waals surface area contributed by atoms with E-state index >= 15 is 0 Å². The molecule has 0 saturated carbocycles. The predicted octanol–water partition coefficient (Wildman–Crippen LogP) is 2.05. The maximum absolute atomic E-state index is 12.4. The number of carbonyl (C=O) groups is 1. The van der Waals surface area contributed by atoms with Crippen molar-refractivity contribution in [3.05, 3.63) is 33.0 Å². The highest BCUT2D eigenvalue weighted by atomic mass is 19.3. The van der Waals surface area contributed by atoms with Crippen LogP contribution in [-0.4, -0.2) is 16.2 Å². The lowest BCUT2D eigenvalue weighted by atomic mass is 10.1. The summed E-state index contributed by atoms with van der Waals surface area (Å²) in [6.07, 6.45) is -1.94. The van der Waals surface area contributed by atoms with Gasteiger partial charge in [0.2, 0.25) is 0 Å². The molecule has 0 aliphatic rings. The molecule has 0 aromatic carbocycles. The van der Waals surface area contributed by atoms with Crippen LogP contribution < -0.4 is 0 Å². The Morgan fingerprint density at radius 1 is 1.60 bits per heavy atom. The Hall–Kier alpha value is -1.92. The van der Waals surface area contributed by atoms with Crippen molar-refractivity contribution in [3.8, 4) is 0 Å². The van der Waals surface area contributed by atoms with Crippen LogP contribution in [-0.2, 0) is 0 Å². The van der Waals surface area contributed by atoms with E-state index in [1.807, 2.05) is 0 Å². The van der Waals surface area contributed by atoms with E-state index in [9.17, 15) is 23.7 Å². The summed E-state index contributed by atoms with van der Waals surface area (Å²) in [7, 11) is 0. The van der Waals surface area contributed by atoms with Gasteiger partial charge in [-0.1, -0.05) is 0 Å². The molecule has 0 unspecified atom stereocenters. The molecule has 0 bridgehead atoms. The number of aromatic nitrogens is 1. The van der Waals surface area contributed by atoms with E-state index in [2.05, 4.69) is 4.98 Å². The second-order valence-corrected chi connectivity index (χ2v) is 2.75. The molecule has 1 rings (SSSR count). The summed E-state index contributed by atoms with van der Waals surface area (Å²) in [5, 5.41) is 10.4. The molecule has 0 N–H and O–H groups in total. The fraction of sp³-hybridized carbons (Fsp3) is 0.250. The molecule has 1 aromatic heterocycles. The van der Waals surface area contributed by atoms with Crippen LogP contribution in [0, 0.1) is 17.0 Å². The van der Waals surface area contributed by atoms with E-state index in [4.69, 9.17) is 0 Å². The van der Waals surface area contributed by atoms with Gasteiger partial charge in [0, 0.05) is 0 Å². The number of pyridine rings is 1. The molecule has 0 fully saturated rings. The summed E-state index contributed by atoms with van der Waals surface area (Å²) in [5.41, 5.74) is -0.984. The molecule has 0 saturated heterocycles. The Bertz CT molecular complexity index is 421. The Labute approximate surface area is 82.9 Å². The normalized spacial score (nSPS) is 10.4. The molecule has 0 amide bonds. The summed E-state index contributed by atoms with van der Waals surface area (Å²) < 4.78 is 24.7. The number of carbonyl (C=O) groups excluding carboxylic acids is 1. The first-order chi connectivity index (χ1) is 6.99. The zero-order valence-corrected chi connectivity index (χ0v) is 7.61. The Morgan fingerprint density at radius 3 is 2.60 bits per heavy atom. The van der Waals surface area contributed by atoms with Crippen LogP contribution in [0.3, 0.4) is 0 Å². The lowest BCUT2D eigenvalue weighted by molar-refractivity contribution is -0.389. The van der Waals surface area contributed by atoms with E-state index < -0.39 is 28.3 Å². The average Bonchev–Trinajstić information content (AvgIpc) is 2.16. The van der Waals surface area contributed by atoms with Crippen molar-refractivity contribution in [2.75, 3.05) is 0 Å². The fourth-order valence-electron chi connectivity index (χ4n) is 1.13. The van der Waals surface area contributed by atoms with Crippen LogP contribution in [0.1, 0.15) is 27.9 Å². The van der Waals surface area contributed by atoms with Gasteiger partial charge in [0.25, 0.3) is 6.43 Å². The fourth-order valence-corrected chi connectivity index (χ4v) is 1.13. The first-order valence-electron chi connectivity index (χ1n) is 3.86. The van der Waals surface area contributed by atoms with E-state index in [0.29, 0.717) is 6.20 Å². The van der Waals surface area contributed by atoms with Gasteiger partial charge in [0.1, 0.15) is 11.8 Å². The van der Waals surface area contributed by atoms with Crippen molar-refractivity contribution in [2.24, 2.45) is 0 Å². The third-order valence-corrected chi connectivity index (χ3v) is 1.93. The molecule has 5 nitrogen and oxygen atoms in total. The zero-order valence-electron chi connectivity index (χ0n) is 7.61. The number of alkyl halides is 2. The van der Waals surface area contributed by atoms with Gasteiger partial charge in [-0.05, 0) is 22.4 Å². The zero-order chi connectivity index (χ0) is 11.6. The Balaban J connectivity index is 3.45. The highest BCUT2D eigenvalue weighted by molar-refractivity contribution is 5.82. The maximum atomic E-state index is 12.4. The van der Waals surface area contributed by atoms with Gasteiger partial charge >= 0.3 is 5.82 Å². The van der Waals surface area contributed by atoms with Crippen LogP contribution in [0.2, 0.25) is 0 Å². The van der Waals surface area contributed by atoms with E-state index in [0.717, 1.165) is 0 Å². The van der Waals surface area contributed by atoms with Crippen LogP contribution in [0.15, 0.2) is 6.20 Å². The van der Waals surface area contributed by atoms with Crippen LogP contribution in [0.5, 0.6) is 0 Å². The van der Waals surface area contributed by atoms with Gasteiger partial charge in [-0.2, -0.15) is 0 Å². The van der Waals surface area contributed by atoms with Crippen LogP contribution in [0.25, 0.3) is 0 Å². The number of nitro groups is 1. The quantitative estimate of drug-likeness (QED) is 0.440. The molecule has 1 aromatic rings. The third-order valence-electron chi connectivity index (χ3n) is 1.93. The van der Waals surface area contributed by atoms with Crippen molar-refractivity contribution in [1.82, 2.24) is 4.98 Å². The average molecular weight is 216 g/mol. The highest BCUT2D eigenvalue weighted by Gasteiger charge is 2.23. The maximum Gasteiger partial charge on any atom is 0.374 e. The van der Waals surface area contributed by atoms with Gasteiger partial charge in [0.15, 0.2) is 6.29 Å². The van der Waals surface area contributed by atoms with Crippen molar-refractivity contribution >= 4 is 12.1 Å². The monoisotopic (exact) mass is 216 g/mol. The van der Waals surface area contributed by atoms with Gasteiger partial charge in [-0.25, -0.2) is 8.78 Å². The highest BCUT2D eigenvalue weighted by Crippen LogP contribution is 2.27. The first kappa shape index (κ1) is 11.2. The van der Waals surface area contributed by atoms with Gasteiger partial charge in [0.05, 0.1) is 5.56 Å². The first-order valence-corrected chi connectivity index (χ1v) is 3.86. The number of hydrogen-bond acceptors (Lipinski definition) is 4. The topological polar surface area (TPSA) is 73.1 Å². The van der Waals surface area contributed by atoms with Gasteiger partial charge < -0.3 is 10.1 Å². The van der Waals surface area contributed by atoms with Crippen molar-refractivity contribution < 1.29 is 18.5 Å². The minimum absolute atomic E-state index is 0.110. The molecular formula is C8H6F2N2O3. The number of hydrogen-bond donors (Lipinski definition) is 0. The van der Waals surface area contributed by atoms with E-state index in [1.54, 1.807) is 0 Å². The smallest absolute Gasteiger partial charge is 0.358 e. The lowest BCUT2D eigenvalue weighted by Crippen LogP contribution is -2.03. The number of nitrogens with zero attached hydrogens (tertiary/aromatic N) is 2. The molecule has 0 aliphatic carbocycles. The molecule has 0 aliphatic heterocycles. The minimum Gasteiger partial charge on any atom is -0.358 e. The third kappa shape index (κ3) is 1.95. The van der Waals surface area contributed by atoms with Crippen molar-refractivity contribution in [3.63, 3.8) is 0 Å². The second-order valence-electron chi connectivity index (χ2n) is 2.75. The summed E-state index contributed by atoms with van der Waals surface area (Å²) in [6.45, 7) is 1.22. The predicted molar refractivity (Wildman–Crippen MR) is 46.0 cm³/mol. The Morgan fingerprint density at radius 2 is 2.20 bits per heavy atom. The SMILES string of the molecule is Cc1c(C(F)F)cnc([N+](=O)[O-])c1C=O. The standard InChI is InChI=1S/C8H6F2N2O3/c1-4-5(7(9)10)2-11-8(12(14)15)6(4)3-13/h2-3,7H,1H3. The van der Waals surface area contributed by atoms with Gasteiger partial charge in [-0.15, -0.1) is 0 Å². The molecule has 15 heavy (non-hydrogen) atoms. The minimum atomic E-state index is -2.81. The van der Waals surface area contributed by atoms with Crippen molar-refractivity contribution in [1.29, 1.82) is 0 Å². The number of aldehydes is 1. The van der Waals surface area contributed by atoms with Crippen LogP contribution >= 0.6 is 0 Å². The van der Waals surface area contributed by atoms with E-state index in [1.165, 1.54) is 6.92 Å². The number of rotatable bonds is 3. The summed E-state index contributed by atoms with van der Waals surface area (Å²) in [6, 6.07) is 0. The second kappa shape index (κ2) is 4.07. The summed E-state index contributed by atoms with van der Waals surface area (Å²) >= 11 is 0. The lowest BCUT2D eigenvalue weighted by Gasteiger charge is -2.04. The number of halogens is 2. The van der Waals surface area contributed by atoms with E-state index in [-0.39, 0.29) is 11.8 Å². The molecule has 80 valence electrons. The summed E-state index contributed by atoms with van der Waals surface area (Å²) in [4.78, 5) is 23.3. The van der Waals surface area contributed by atoms with Crippen LogP contribution in [0.4, 0.5) is 14.6 Å². The molecule has 0 atom stereocenters. The Kier molecular flexibility index (Phi) is 3.03. The summed E-state index contributed by atoms with van der Waals surface area (Å²) in [5.74, 6) is -0.702. The van der Waals surface area contributed by atoms with Gasteiger partial charge in [-0.3, -0.25) is 4.79 Å². The largest absolute Gasteiger partial charge is 0.374 e. The molecule has 7 heteroatoms. The molecule has 0 radical (unpaired) electrons. The van der Waals surface area contributed by atoms with Crippen molar-refractivity contribution in [2.45, 2.75) is 13.3 Å².